The predicted molar refractivity (Wildman–Crippen MR) is 88.7 cm³/mol. The minimum Gasteiger partial charge on any atom is -0.396 e. The third kappa shape index (κ3) is 2.55. The van der Waals surface area contributed by atoms with Crippen molar-refractivity contribution in [2.75, 3.05) is 6.61 Å². The molecule has 3 rings (SSSR count). The van der Waals surface area contributed by atoms with Crippen LogP contribution in [0, 0.1) is 9.75 Å². The molecule has 1 saturated carbocycles. The lowest BCUT2D eigenvalue weighted by Crippen LogP contribution is -2.30. The van der Waals surface area contributed by atoms with Crippen LogP contribution in [0.2, 0.25) is 10.0 Å². The predicted octanol–water partition coefficient (Wildman–Crippen LogP) is 2.22. The Hall–Kier alpha value is -0.120. The Morgan fingerprint density at radius 3 is 2.52 bits per heavy atom. The molecule has 0 aliphatic heterocycles. The molecule has 8 heteroatoms. The number of aliphatic hydroxyl groups excluding tert-OH is 3. The van der Waals surface area contributed by atoms with Gasteiger partial charge in [0.25, 0.3) is 0 Å². The number of hydrogen-bond acceptors (Lipinski definition) is 4. The summed E-state index contributed by atoms with van der Waals surface area (Å²) >= 11 is 14.1. The van der Waals surface area contributed by atoms with Crippen LogP contribution in [-0.4, -0.2) is 43.7 Å². The average molecular weight is 443 g/mol. The maximum atomic E-state index is 10.3. The molecule has 1 heterocycles. The molecule has 1 aliphatic carbocycles. The Labute approximate surface area is 144 Å². The lowest BCUT2D eigenvalue weighted by molar-refractivity contribution is -0.00390. The number of halogens is 3. The van der Waals surface area contributed by atoms with Gasteiger partial charge in [-0.05, 0) is 41.1 Å². The first-order chi connectivity index (χ1) is 9.93. The molecule has 1 aromatic carbocycles. The van der Waals surface area contributed by atoms with Crippen LogP contribution < -0.4 is 0 Å². The van der Waals surface area contributed by atoms with Crippen LogP contribution in [0.15, 0.2) is 12.1 Å². The summed E-state index contributed by atoms with van der Waals surface area (Å²) in [5.41, 5.74) is 1.44. The van der Waals surface area contributed by atoms with Gasteiger partial charge in [0.05, 0.1) is 33.2 Å². The molecule has 0 unspecified atom stereocenters. The zero-order chi connectivity index (χ0) is 15.3. The van der Waals surface area contributed by atoms with E-state index in [0.717, 1.165) is 5.52 Å². The van der Waals surface area contributed by atoms with Crippen molar-refractivity contribution in [3.8, 4) is 0 Å². The topological polar surface area (TPSA) is 78.5 Å². The van der Waals surface area contributed by atoms with Crippen LogP contribution in [0.4, 0.5) is 0 Å². The number of fused-ring (bicyclic) bond motifs is 1. The Balaban J connectivity index is 2.12. The highest BCUT2D eigenvalue weighted by atomic mass is 127. The van der Waals surface area contributed by atoms with E-state index in [9.17, 15) is 15.3 Å². The molecule has 5 nitrogen and oxygen atoms in total. The molecular weight excluding hydrogens is 430 g/mol. The summed E-state index contributed by atoms with van der Waals surface area (Å²) in [6.07, 6.45) is -1.43. The van der Waals surface area contributed by atoms with Gasteiger partial charge in [-0.2, -0.15) is 0 Å². The summed E-state index contributed by atoms with van der Waals surface area (Å²) in [5, 5.41) is 30.4. The summed E-state index contributed by atoms with van der Waals surface area (Å²) in [7, 11) is 0. The minimum atomic E-state index is -0.956. The molecule has 1 aromatic heterocycles. The number of rotatable bonds is 2. The van der Waals surface area contributed by atoms with E-state index in [1.165, 1.54) is 0 Å². The smallest absolute Gasteiger partial charge is 0.172 e. The van der Waals surface area contributed by atoms with Gasteiger partial charge in [0.15, 0.2) is 3.83 Å². The van der Waals surface area contributed by atoms with Crippen molar-refractivity contribution >= 4 is 56.8 Å². The molecule has 3 N–H and O–H groups in total. The first kappa shape index (κ1) is 15.8. The van der Waals surface area contributed by atoms with Gasteiger partial charge >= 0.3 is 0 Å². The van der Waals surface area contributed by atoms with E-state index in [-0.39, 0.29) is 18.6 Å². The molecule has 0 amide bonds. The highest BCUT2D eigenvalue weighted by molar-refractivity contribution is 14.1. The molecule has 0 saturated heterocycles. The van der Waals surface area contributed by atoms with Crippen LogP contribution in [0.1, 0.15) is 12.5 Å². The number of imidazole rings is 1. The van der Waals surface area contributed by atoms with Crippen molar-refractivity contribution in [2.45, 2.75) is 24.7 Å². The SMILES string of the molecule is OC[C@@H]1C[C@H](n2c(I)nc3cc(Cl)c(Cl)cc32)[C@@H](O)[C@H]1O. The second kappa shape index (κ2) is 5.82. The van der Waals surface area contributed by atoms with Crippen molar-refractivity contribution < 1.29 is 15.3 Å². The Bertz CT molecular complexity index is 694. The number of nitrogens with zero attached hydrogens (tertiary/aromatic N) is 2. The minimum absolute atomic E-state index is 0.162. The number of benzene rings is 1. The summed E-state index contributed by atoms with van der Waals surface area (Å²) in [6, 6.07) is 3.03. The molecule has 0 radical (unpaired) electrons. The van der Waals surface area contributed by atoms with E-state index in [1.807, 2.05) is 4.57 Å². The molecule has 0 bridgehead atoms. The third-order valence-electron chi connectivity index (χ3n) is 4.03. The first-order valence-electron chi connectivity index (χ1n) is 6.43. The molecular formula is C13H13Cl2IN2O3. The summed E-state index contributed by atoms with van der Waals surface area (Å²) in [4.78, 5) is 4.42. The average Bonchev–Trinajstić information content (AvgIpc) is 2.89. The van der Waals surface area contributed by atoms with E-state index in [2.05, 4.69) is 27.6 Å². The lowest BCUT2D eigenvalue weighted by atomic mass is 10.1. The molecule has 2 aromatic rings. The van der Waals surface area contributed by atoms with E-state index in [4.69, 9.17) is 23.2 Å². The van der Waals surface area contributed by atoms with Crippen molar-refractivity contribution in [3.63, 3.8) is 0 Å². The molecule has 1 aliphatic rings. The first-order valence-corrected chi connectivity index (χ1v) is 8.27. The largest absolute Gasteiger partial charge is 0.396 e. The van der Waals surface area contributed by atoms with Gasteiger partial charge < -0.3 is 19.9 Å². The Morgan fingerprint density at radius 2 is 1.90 bits per heavy atom. The second-order valence-electron chi connectivity index (χ2n) is 5.23. The zero-order valence-electron chi connectivity index (χ0n) is 10.7. The molecule has 0 spiro atoms. The number of aromatic nitrogens is 2. The summed E-state index contributed by atoms with van der Waals surface area (Å²) in [5.74, 6) is -0.346. The number of aliphatic hydroxyl groups is 3. The van der Waals surface area contributed by atoms with Crippen LogP contribution >= 0.6 is 45.8 Å². The molecule has 1 fully saturated rings. The van der Waals surface area contributed by atoms with Crippen molar-refractivity contribution in [1.29, 1.82) is 0 Å². The van der Waals surface area contributed by atoms with E-state index >= 15 is 0 Å². The fourth-order valence-corrected chi connectivity index (χ4v) is 4.11. The summed E-state index contributed by atoms with van der Waals surface area (Å²) < 4.78 is 2.53. The van der Waals surface area contributed by atoms with Crippen LogP contribution in [-0.2, 0) is 0 Å². The van der Waals surface area contributed by atoms with Crippen molar-refractivity contribution in [1.82, 2.24) is 9.55 Å². The van der Waals surface area contributed by atoms with Gasteiger partial charge in [-0.15, -0.1) is 0 Å². The second-order valence-corrected chi connectivity index (χ2v) is 7.01. The monoisotopic (exact) mass is 442 g/mol. The van der Waals surface area contributed by atoms with Gasteiger partial charge in [0.2, 0.25) is 0 Å². The van der Waals surface area contributed by atoms with E-state index in [0.29, 0.717) is 25.8 Å². The summed E-state index contributed by atoms with van der Waals surface area (Å²) in [6.45, 7) is -0.162. The lowest BCUT2D eigenvalue weighted by Gasteiger charge is -2.19. The van der Waals surface area contributed by atoms with Gasteiger partial charge in [-0.25, -0.2) is 4.98 Å². The maximum Gasteiger partial charge on any atom is 0.172 e. The van der Waals surface area contributed by atoms with Crippen LogP contribution in [0.5, 0.6) is 0 Å². The van der Waals surface area contributed by atoms with Gasteiger partial charge in [-0.3, -0.25) is 0 Å². The zero-order valence-corrected chi connectivity index (χ0v) is 14.4. The fraction of sp³-hybridized carbons (Fsp3) is 0.462. The van der Waals surface area contributed by atoms with E-state index < -0.39 is 12.2 Å². The van der Waals surface area contributed by atoms with Crippen molar-refractivity contribution in [3.05, 3.63) is 26.0 Å². The molecule has 4 atom stereocenters. The maximum absolute atomic E-state index is 10.3. The number of hydrogen-bond donors (Lipinski definition) is 3. The van der Waals surface area contributed by atoms with Gasteiger partial charge in [0.1, 0.15) is 6.10 Å². The van der Waals surface area contributed by atoms with Crippen LogP contribution in [0.25, 0.3) is 11.0 Å². The van der Waals surface area contributed by atoms with Gasteiger partial charge in [-0.1, -0.05) is 23.2 Å². The Kier molecular flexibility index (Phi) is 4.37. The highest BCUT2D eigenvalue weighted by Gasteiger charge is 2.43. The highest BCUT2D eigenvalue weighted by Crippen LogP contribution is 2.39. The fourth-order valence-electron chi connectivity index (χ4n) is 2.91. The quantitative estimate of drug-likeness (QED) is 0.623. The normalized spacial score (nSPS) is 29.4. The molecule has 21 heavy (non-hydrogen) atoms. The Morgan fingerprint density at radius 1 is 1.24 bits per heavy atom. The van der Waals surface area contributed by atoms with Crippen molar-refractivity contribution in [2.24, 2.45) is 5.92 Å². The third-order valence-corrected chi connectivity index (χ3v) is 5.51. The molecule has 114 valence electrons. The standard InChI is InChI=1S/C13H13Cl2IN2O3/c14-6-2-8-9(3-7(6)15)18(13(16)17-8)10-1-5(4-19)11(20)12(10)21/h2-3,5,10-12,19-21H,1,4H2/t5-,10-,11-,12+/m0/s1. The van der Waals surface area contributed by atoms with Crippen LogP contribution in [0.3, 0.4) is 0 Å². The van der Waals surface area contributed by atoms with E-state index in [1.54, 1.807) is 12.1 Å². The van der Waals surface area contributed by atoms with Gasteiger partial charge in [0, 0.05) is 12.5 Å².